The van der Waals surface area contributed by atoms with Gasteiger partial charge in [-0.15, -0.1) is 10.2 Å². The van der Waals surface area contributed by atoms with Crippen LogP contribution >= 0.6 is 0 Å². The number of nitrogens with one attached hydrogen (secondary N) is 1. The Balaban J connectivity index is 1.55. The number of aromatic nitrogens is 2. The van der Waals surface area contributed by atoms with E-state index in [0.717, 1.165) is 12.0 Å². The molecule has 1 aromatic heterocycles. The van der Waals surface area contributed by atoms with Gasteiger partial charge in [0.2, 0.25) is 11.8 Å². The molecule has 1 N–H and O–H groups in total. The van der Waals surface area contributed by atoms with Crippen LogP contribution in [0.2, 0.25) is 0 Å². The highest BCUT2D eigenvalue weighted by Crippen LogP contribution is 2.18. The van der Waals surface area contributed by atoms with E-state index in [0.29, 0.717) is 35.9 Å². The van der Waals surface area contributed by atoms with Gasteiger partial charge in [0.15, 0.2) is 0 Å². The van der Waals surface area contributed by atoms with Crippen molar-refractivity contribution in [3.05, 3.63) is 71.4 Å². The minimum atomic E-state index is -0.241. The highest BCUT2D eigenvalue weighted by Gasteiger charge is 2.10. The number of amides is 1. The molecule has 25 heavy (non-hydrogen) atoms. The minimum Gasteiger partial charge on any atom is -0.421 e. The Kier molecular flexibility index (Phi) is 5.18. The normalized spacial score (nSPS) is 10.6. The third kappa shape index (κ3) is 4.50. The zero-order chi connectivity index (χ0) is 17.6. The topological polar surface area (TPSA) is 68.0 Å². The maximum Gasteiger partial charge on any atom is 0.251 e. The Hall–Kier alpha value is -3.02. The number of carbonyl (C=O) groups excluding carboxylic acids is 1. The molecule has 128 valence electrons. The molecule has 0 aliphatic rings. The Morgan fingerprint density at radius 2 is 2.00 bits per heavy atom. The van der Waals surface area contributed by atoms with Gasteiger partial charge >= 0.3 is 0 Å². The Bertz CT molecular complexity index is 876. The number of hydrogen-bond donors (Lipinski definition) is 1. The molecule has 1 heterocycles. The standard InChI is InChI=1S/C19H18FN3O2/c1-13-22-23-19(25-13)16-8-3-7-15(12-16)18(24)21-10-4-6-14-5-2-9-17(20)11-14/h2-3,5,7-9,11-12H,4,6,10H2,1H3,(H,21,24). The van der Waals surface area contributed by atoms with Crippen molar-refractivity contribution in [1.29, 1.82) is 0 Å². The molecule has 0 atom stereocenters. The van der Waals surface area contributed by atoms with Crippen LogP contribution in [0.15, 0.2) is 52.9 Å². The van der Waals surface area contributed by atoms with Crippen LogP contribution in [0.25, 0.3) is 11.5 Å². The van der Waals surface area contributed by atoms with Crippen LogP contribution in [0.1, 0.15) is 28.2 Å². The summed E-state index contributed by atoms with van der Waals surface area (Å²) in [7, 11) is 0. The summed E-state index contributed by atoms with van der Waals surface area (Å²) in [5.41, 5.74) is 2.15. The Morgan fingerprint density at radius 1 is 1.16 bits per heavy atom. The van der Waals surface area contributed by atoms with E-state index in [2.05, 4.69) is 15.5 Å². The third-order valence-corrected chi connectivity index (χ3v) is 3.71. The predicted octanol–water partition coefficient (Wildman–Crippen LogP) is 3.55. The highest BCUT2D eigenvalue weighted by molar-refractivity contribution is 5.95. The van der Waals surface area contributed by atoms with Gasteiger partial charge in [0.25, 0.3) is 5.91 Å². The summed E-state index contributed by atoms with van der Waals surface area (Å²) in [5, 5.41) is 10.6. The molecule has 3 aromatic rings. The van der Waals surface area contributed by atoms with Gasteiger partial charge < -0.3 is 9.73 Å². The summed E-state index contributed by atoms with van der Waals surface area (Å²) in [4.78, 5) is 12.3. The third-order valence-electron chi connectivity index (χ3n) is 3.71. The number of benzene rings is 2. The molecule has 0 fully saturated rings. The van der Waals surface area contributed by atoms with Crippen molar-refractivity contribution in [3.8, 4) is 11.5 Å². The van der Waals surface area contributed by atoms with Crippen LogP contribution in [-0.2, 0) is 6.42 Å². The lowest BCUT2D eigenvalue weighted by Gasteiger charge is -2.06. The molecule has 0 aliphatic heterocycles. The van der Waals surface area contributed by atoms with Crippen molar-refractivity contribution in [3.63, 3.8) is 0 Å². The van der Waals surface area contributed by atoms with E-state index in [9.17, 15) is 9.18 Å². The van der Waals surface area contributed by atoms with Crippen molar-refractivity contribution in [2.45, 2.75) is 19.8 Å². The second-order valence-electron chi connectivity index (χ2n) is 5.70. The first-order valence-electron chi connectivity index (χ1n) is 8.05. The fourth-order valence-corrected chi connectivity index (χ4v) is 2.50. The number of halogens is 1. The molecule has 0 radical (unpaired) electrons. The number of hydrogen-bond acceptors (Lipinski definition) is 4. The van der Waals surface area contributed by atoms with Crippen molar-refractivity contribution < 1.29 is 13.6 Å². The first kappa shape index (κ1) is 16.8. The number of nitrogens with zero attached hydrogens (tertiary/aromatic N) is 2. The fourth-order valence-electron chi connectivity index (χ4n) is 2.50. The summed E-state index contributed by atoms with van der Waals surface area (Å²) < 4.78 is 18.5. The van der Waals surface area contributed by atoms with Gasteiger partial charge in [0.1, 0.15) is 5.82 Å². The van der Waals surface area contributed by atoms with E-state index in [-0.39, 0.29) is 11.7 Å². The largest absolute Gasteiger partial charge is 0.421 e. The highest BCUT2D eigenvalue weighted by atomic mass is 19.1. The van der Waals surface area contributed by atoms with Gasteiger partial charge in [0.05, 0.1) is 0 Å². The second kappa shape index (κ2) is 7.70. The summed E-state index contributed by atoms with van der Waals surface area (Å²) in [6.45, 7) is 2.23. The molecule has 1 amide bonds. The van der Waals surface area contributed by atoms with E-state index < -0.39 is 0 Å². The van der Waals surface area contributed by atoms with Crippen molar-refractivity contribution in [1.82, 2.24) is 15.5 Å². The molecular formula is C19H18FN3O2. The van der Waals surface area contributed by atoms with E-state index in [1.54, 1.807) is 31.2 Å². The molecular weight excluding hydrogens is 321 g/mol. The monoisotopic (exact) mass is 339 g/mol. The van der Waals surface area contributed by atoms with Gasteiger partial charge in [-0.25, -0.2) is 4.39 Å². The lowest BCUT2D eigenvalue weighted by Crippen LogP contribution is -2.24. The molecule has 0 saturated heterocycles. The molecule has 0 saturated carbocycles. The smallest absolute Gasteiger partial charge is 0.251 e. The minimum absolute atomic E-state index is 0.169. The first-order chi connectivity index (χ1) is 12.1. The van der Waals surface area contributed by atoms with Crippen LogP contribution in [0.3, 0.4) is 0 Å². The average molecular weight is 339 g/mol. The van der Waals surface area contributed by atoms with Gasteiger partial charge in [-0.05, 0) is 48.7 Å². The van der Waals surface area contributed by atoms with Crippen LogP contribution in [-0.4, -0.2) is 22.6 Å². The molecule has 3 rings (SSSR count). The van der Waals surface area contributed by atoms with Crippen LogP contribution in [0, 0.1) is 12.7 Å². The van der Waals surface area contributed by atoms with Crippen LogP contribution < -0.4 is 5.32 Å². The van der Waals surface area contributed by atoms with E-state index in [1.165, 1.54) is 12.1 Å². The van der Waals surface area contributed by atoms with Crippen molar-refractivity contribution >= 4 is 5.91 Å². The molecule has 0 bridgehead atoms. The average Bonchev–Trinajstić information content (AvgIpc) is 3.05. The Labute approximate surface area is 144 Å². The molecule has 0 spiro atoms. The Morgan fingerprint density at radius 3 is 2.76 bits per heavy atom. The van der Waals surface area contributed by atoms with Crippen molar-refractivity contribution in [2.24, 2.45) is 0 Å². The molecule has 0 aliphatic carbocycles. The fraction of sp³-hybridized carbons (Fsp3) is 0.211. The number of carbonyl (C=O) groups is 1. The summed E-state index contributed by atoms with van der Waals surface area (Å²) in [6, 6.07) is 13.5. The van der Waals surface area contributed by atoms with E-state index in [1.807, 2.05) is 12.1 Å². The summed E-state index contributed by atoms with van der Waals surface area (Å²) >= 11 is 0. The second-order valence-corrected chi connectivity index (χ2v) is 5.70. The maximum atomic E-state index is 13.1. The first-order valence-corrected chi connectivity index (χ1v) is 8.05. The van der Waals surface area contributed by atoms with Gasteiger partial charge in [-0.1, -0.05) is 18.2 Å². The predicted molar refractivity (Wildman–Crippen MR) is 91.5 cm³/mol. The number of aryl methyl sites for hydroxylation is 2. The molecule has 2 aromatic carbocycles. The SMILES string of the molecule is Cc1nnc(-c2cccc(C(=O)NCCCc3cccc(F)c3)c2)o1. The van der Waals surface area contributed by atoms with Crippen LogP contribution in [0.4, 0.5) is 4.39 Å². The zero-order valence-electron chi connectivity index (χ0n) is 13.8. The molecule has 0 unspecified atom stereocenters. The van der Waals surface area contributed by atoms with Gasteiger partial charge in [0, 0.05) is 24.6 Å². The lowest BCUT2D eigenvalue weighted by atomic mass is 10.1. The molecule has 5 nitrogen and oxygen atoms in total. The summed E-state index contributed by atoms with van der Waals surface area (Å²) in [5.74, 6) is 0.451. The number of rotatable bonds is 6. The van der Waals surface area contributed by atoms with E-state index >= 15 is 0 Å². The van der Waals surface area contributed by atoms with Gasteiger partial charge in [-0.3, -0.25) is 4.79 Å². The lowest BCUT2D eigenvalue weighted by molar-refractivity contribution is 0.0953. The molecule has 6 heteroatoms. The summed E-state index contributed by atoms with van der Waals surface area (Å²) in [6.07, 6.45) is 1.44. The van der Waals surface area contributed by atoms with E-state index in [4.69, 9.17) is 4.42 Å². The van der Waals surface area contributed by atoms with Crippen LogP contribution in [0.5, 0.6) is 0 Å². The quantitative estimate of drug-likeness (QED) is 0.698. The maximum absolute atomic E-state index is 13.1. The van der Waals surface area contributed by atoms with Gasteiger partial charge in [-0.2, -0.15) is 0 Å². The zero-order valence-corrected chi connectivity index (χ0v) is 13.8. The van der Waals surface area contributed by atoms with Crippen molar-refractivity contribution in [2.75, 3.05) is 6.54 Å².